The molecule has 4 heterocycles. The summed E-state index contributed by atoms with van der Waals surface area (Å²) in [5.74, 6) is 0.0799. The average molecular weight is 398 g/mol. The number of hydrogen-bond acceptors (Lipinski definition) is 6. The fraction of sp³-hybridized carbons (Fsp3) is 0.350. The molecule has 1 saturated heterocycles. The Morgan fingerprint density at radius 3 is 2.50 bits per heavy atom. The second-order valence-electron chi connectivity index (χ2n) is 6.81. The molecule has 8 heteroatoms. The van der Waals surface area contributed by atoms with E-state index in [1.54, 1.807) is 21.9 Å². The Morgan fingerprint density at radius 2 is 1.86 bits per heavy atom. The van der Waals surface area contributed by atoms with Gasteiger partial charge >= 0.3 is 0 Å². The number of furan rings is 1. The van der Waals surface area contributed by atoms with Gasteiger partial charge in [0.1, 0.15) is 9.71 Å². The van der Waals surface area contributed by atoms with Gasteiger partial charge in [-0.3, -0.25) is 9.59 Å². The van der Waals surface area contributed by atoms with Crippen molar-refractivity contribution in [1.82, 2.24) is 14.8 Å². The zero-order valence-corrected chi connectivity index (χ0v) is 16.5. The van der Waals surface area contributed by atoms with Crippen LogP contribution in [-0.4, -0.2) is 52.8 Å². The normalized spacial score (nSPS) is 14.6. The lowest BCUT2D eigenvalue weighted by molar-refractivity contribution is 0.0521. The van der Waals surface area contributed by atoms with Crippen LogP contribution in [0, 0.1) is 0 Å². The molecule has 1 aliphatic rings. The molecular weight excluding hydrogens is 376 g/mol. The molecule has 0 spiro atoms. The fourth-order valence-corrected chi connectivity index (χ4v) is 4.48. The maximum absolute atomic E-state index is 13.0. The molecule has 7 nitrogen and oxygen atoms in total. The predicted molar refractivity (Wildman–Crippen MR) is 109 cm³/mol. The number of piperazine rings is 1. The molecule has 1 aliphatic heterocycles. The van der Waals surface area contributed by atoms with E-state index in [2.05, 4.69) is 11.9 Å². The Kier molecular flexibility index (Phi) is 5.04. The van der Waals surface area contributed by atoms with E-state index in [1.807, 2.05) is 12.1 Å². The highest BCUT2D eigenvalue weighted by molar-refractivity contribution is 7.21. The highest BCUT2D eigenvalue weighted by Crippen LogP contribution is 2.33. The van der Waals surface area contributed by atoms with E-state index in [-0.39, 0.29) is 11.8 Å². The third-order valence-corrected chi connectivity index (χ3v) is 6.04. The molecule has 4 rings (SSSR count). The molecule has 3 aromatic rings. The molecule has 0 aromatic carbocycles. The summed E-state index contributed by atoms with van der Waals surface area (Å²) in [7, 11) is 0. The number of anilines is 1. The molecule has 3 aromatic heterocycles. The van der Waals surface area contributed by atoms with Gasteiger partial charge in [0.25, 0.3) is 11.8 Å². The van der Waals surface area contributed by atoms with Crippen molar-refractivity contribution < 1.29 is 14.0 Å². The van der Waals surface area contributed by atoms with Gasteiger partial charge < -0.3 is 20.0 Å². The number of amides is 2. The fourth-order valence-electron chi connectivity index (χ4n) is 3.40. The Balaban J connectivity index is 1.48. The van der Waals surface area contributed by atoms with E-state index in [1.165, 1.54) is 17.6 Å². The van der Waals surface area contributed by atoms with Gasteiger partial charge in [-0.25, -0.2) is 4.98 Å². The minimum Gasteiger partial charge on any atom is -0.459 e. The van der Waals surface area contributed by atoms with Gasteiger partial charge in [-0.05, 0) is 30.7 Å². The molecular formula is C20H22N4O3S. The molecule has 0 aliphatic carbocycles. The third kappa shape index (κ3) is 3.35. The van der Waals surface area contributed by atoms with Crippen LogP contribution in [-0.2, 0) is 6.42 Å². The van der Waals surface area contributed by atoms with Crippen LogP contribution < -0.4 is 5.73 Å². The number of nitrogen functional groups attached to an aromatic ring is 1. The Bertz CT molecular complexity index is 1000. The first kappa shape index (κ1) is 18.5. The summed E-state index contributed by atoms with van der Waals surface area (Å²) in [4.78, 5) is 34.8. The second kappa shape index (κ2) is 7.63. The lowest BCUT2D eigenvalue weighted by atomic mass is 10.2. The van der Waals surface area contributed by atoms with Crippen molar-refractivity contribution in [2.24, 2.45) is 0 Å². The molecule has 0 saturated carbocycles. The van der Waals surface area contributed by atoms with Gasteiger partial charge in [-0.2, -0.15) is 0 Å². The zero-order valence-electron chi connectivity index (χ0n) is 15.7. The predicted octanol–water partition coefficient (Wildman–Crippen LogP) is 3.02. The summed E-state index contributed by atoms with van der Waals surface area (Å²) < 4.78 is 5.17. The Hall–Kier alpha value is -2.87. The summed E-state index contributed by atoms with van der Waals surface area (Å²) in [6, 6.07) is 7.27. The van der Waals surface area contributed by atoms with Crippen LogP contribution in [0.3, 0.4) is 0 Å². The van der Waals surface area contributed by atoms with Crippen LogP contribution in [0.5, 0.6) is 0 Å². The van der Waals surface area contributed by atoms with Crippen molar-refractivity contribution in [3.8, 4) is 0 Å². The number of nitrogens with two attached hydrogens (primary N) is 1. The second-order valence-corrected chi connectivity index (χ2v) is 7.81. The maximum atomic E-state index is 13.0. The van der Waals surface area contributed by atoms with Crippen LogP contribution in [0.25, 0.3) is 10.2 Å². The summed E-state index contributed by atoms with van der Waals surface area (Å²) >= 11 is 1.35. The van der Waals surface area contributed by atoms with Gasteiger partial charge in [0.05, 0.1) is 12.0 Å². The van der Waals surface area contributed by atoms with E-state index in [9.17, 15) is 9.59 Å². The molecule has 0 radical (unpaired) electrons. The SMILES string of the molecule is CCCc1ccc2c(N)c(C(=O)N3CCN(C(=O)c4ccco4)CC3)sc2n1. The summed E-state index contributed by atoms with van der Waals surface area (Å²) in [6.45, 7) is 3.98. The molecule has 2 N–H and O–H groups in total. The first-order valence-corrected chi connectivity index (χ1v) is 10.2. The number of pyridine rings is 1. The molecule has 0 bridgehead atoms. The molecule has 28 heavy (non-hydrogen) atoms. The van der Waals surface area contributed by atoms with Crippen molar-refractivity contribution in [3.05, 3.63) is 46.9 Å². The van der Waals surface area contributed by atoms with E-state index in [0.717, 1.165) is 28.8 Å². The van der Waals surface area contributed by atoms with Crippen molar-refractivity contribution in [1.29, 1.82) is 0 Å². The Labute approximate surface area is 166 Å². The third-order valence-electron chi connectivity index (χ3n) is 4.94. The summed E-state index contributed by atoms with van der Waals surface area (Å²) in [5, 5.41) is 0.833. The average Bonchev–Trinajstić information content (AvgIpc) is 3.36. The smallest absolute Gasteiger partial charge is 0.289 e. The number of hydrogen-bond donors (Lipinski definition) is 1. The molecule has 2 amide bonds. The number of fused-ring (bicyclic) bond motifs is 1. The number of carbonyl (C=O) groups excluding carboxylic acids is 2. The van der Waals surface area contributed by atoms with Crippen molar-refractivity contribution >= 4 is 39.1 Å². The lowest BCUT2D eigenvalue weighted by Gasteiger charge is -2.34. The molecule has 0 atom stereocenters. The molecule has 146 valence electrons. The number of carbonyl (C=O) groups is 2. The van der Waals surface area contributed by atoms with Crippen LogP contribution >= 0.6 is 11.3 Å². The topological polar surface area (TPSA) is 92.7 Å². The number of aryl methyl sites for hydroxylation is 1. The minimum absolute atomic E-state index is 0.0948. The number of thiophene rings is 1. The van der Waals surface area contributed by atoms with E-state index >= 15 is 0 Å². The van der Waals surface area contributed by atoms with Gasteiger partial charge in [0.2, 0.25) is 0 Å². The summed E-state index contributed by atoms with van der Waals surface area (Å²) in [5.41, 5.74) is 7.77. The number of rotatable bonds is 4. The lowest BCUT2D eigenvalue weighted by Crippen LogP contribution is -2.50. The Morgan fingerprint density at radius 1 is 1.14 bits per heavy atom. The van der Waals surface area contributed by atoms with Gasteiger partial charge in [-0.15, -0.1) is 11.3 Å². The summed E-state index contributed by atoms with van der Waals surface area (Å²) in [6.07, 6.45) is 3.41. The van der Waals surface area contributed by atoms with E-state index < -0.39 is 0 Å². The van der Waals surface area contributed by atoms with Crippen LogP contribution in [0.1, 0.15) is 39.3 Å². The van der Waals surface area contributed by atoms with Crippen LogP contribution in [0.15, 0.2) is 34.9 Å². The largest absolute Gasteiger partial charge is 0.459 e. The van der Waals surface area contributed by atoms with Crippen molar-refractivity contribution in [2.75, 3.05) is 31.9 Å². The first-order chi connectivity index (χ1) is 13.6. The monoisotopic (exact) mass is 398 g/mol. The standard InChI is InChI=1S/C20H22N4O3S/c1-2-4-13-6-7-14-16(21)17(28-18(14)22-13)20(26)24-10-8-23(9-11-24)19(25)15-5-3-12-27-15/h3,5-7,12H,2,4,8-11,21H2,1H3. The highest BCUT2D eigenvalue weighted by Gasteiger charge is 2.29. The van der Waals surface area contributed by atoms with Gasteiger partial charge in [-0.1, -0.05) is 13.3 Å². The molecule has 1 fully saturated rings. The van der Waals surface area contributed by atoms with Crippen LogP contribution in [0.4, 0.5) is 5.69 Å². The maximum Gasteiger partial charge on any atom is 0.289 e. The van der Waals surface area contributed by atoms with E-state index in [0.29, 0.717) is 42.5 Å². The number of aromatic nitrogens is 1. The van der Waals surface area contributed by atoms with Crippen molar-refractivity contribution in [3.63, 3.8) is 0 Å². The molecule has 0 unspecified atom stereocenters. The van der Waals surface area contributed by atoms with Gasteiger partial charge in [0, 0.05) is 37.3 Å². The van der Waals surface area contributed by atoms with Crippen LogP contribution in [0.2, 0.25) is 0 Å². The van der Waals surface area contributed by atoms with Gasteiger partial charge in [0.15, 0.2) is 5.76 Å². The highest BCUT2D eigenvalue weighted by atomic mass is 32.1. The number of nitrogens with zero attached hydrogens (tertiary/aromatic N) is 3. The quantitative estimate of drug-likeness (QED) is 0.729. The van der Waals surface area contributed by atoms with E-state index in [4.69, 9.17) is 10.2 Å². The first-order valence-electron chi connectivity index (χ1n) is 9.38. The van der Waals surface area contributed by atoms with Crippen molar-refractivity contribution in [2.45, 2.75) is 19.8 Å². The zero-order chi connectivity index (χ0) is 19.7. The minimum atomic E-state index is -0.147.